The molecule has 0 spiro atoms. The summed E-state index contributed by atoms with van der Waals surface area (Å²) in [5.74, 6) is 0.874. The minimum Gasteiger partial charge on any atom is -0.494 e. The molecule has 0 atom stereocenters. The highest BCUT2D eigenvalue weighted by Gasteiger charge is 2.19. The van der Waals surface area contributed by atoms with Gasteiger partial charge < -0.3 is 14.7 Å². The fourth-order valence-corrected chi connectivity index (χ4v) is 8.44. The van der Waals surface area contributed by atoms with E-state index in [9.17, 15) is 0 Å². The van der Waals surface area contributed by atoms with Gasteiger partial charge in [-0.05, 0) is 117 Å². The first kappa shape index (κ1) is 38.3. The van der Waals surface area contributed by atoms with Gasteiger partial charge in [-0.2, -0.15) is 0 Å². The Morgan fingerprint density at radius 1 is 0.407 bits per heavy atom. The average molecular weight is 836 g/mol. The maximum atomic E-state index is 6.19. The summed E-state index contributed by atoms with van der Waals surface area (Å²) in [6.45, 7) is 7.08. The van der Waals surface area contributed by atoms with E-state index in [1.54, 1.807) is 0 Å². The Morgan fingerprint density at radius 2 is 0.729 bits per heavy atom. The van der Waals surface area contributed by atoms with Crippen molar-refractivity contribution in [2.75, 3.05) is 11.9 Å². The van der Waals surface area contributed by atoms with E-state index >= 15 is 0 Å². The first-order valence-corrected chi connectivity index (χ1v) is 21.7. The third-order valence-corrected chi connectivity index (χ3v) is 11.8. The van der Waals surface area contributed by atoms with Gasteiger partial charge in [-0.3, -0.25) is 0 Å². The highest BCUT2D eigenvalue weighted by Crippen LogP contribution is 2.39. The molecule has 9 rings (SSSR count). The van der Waals surface area contributed by atoms with Crippen LogP contribution in [0.2, 0.25) is 0 Å². The number of nitrogens with one attached hydrogen (secondary N) is 2. The number of unbranched alkanes of at least 4 members (excludes halogenated alkanes) is 3. The van der Waals surface area contributed by atoms with E-state index in [4.69, 9.17) is 14.7 Å². The topological polar surface area (TPSA) is 66.6 Å². The summed E-state index contributed by atoms with van der Waals surface area (Å²) in [4.78, 5) is 18.6. The van der Waals surface area contributed by atoms with Crippen molar-refractivity contribution in [3.8, 4) is 50.3 Å². The lowest BCUT2D eigenvalue weighted by atomic mass is 10.0. The molecular formula is C53H47BrN4O. The second kappa shape index (κ2) is 16.9. The highest BCUT2D eigenvalue weighted by molar-refractivity contribution is 9.09. The Hall–Kier alpha value is -6.24. The van der Waals surface area contributed by atoms with Crippen molar-refractivity contribution < 1.29 is 4.74 Å². The smallest absolute Gasteiger partial charge is 0.119 e. The van der Waals surface area contributed by atoms with E-state index in [1.807, 2.05) is 0 Å². The minimum atomic E-state index is 0.712. The lowest BCUT2D eigenvalue weighted by Gasteiger charge is -2.09. The fourth-order valence-electron chi connectivity index (χ4n) is 8.04. The Labute approximate surface area is 354 Å². The number of H-pyrrole nitrogens is 2. The van der Waals surface area contributed by atoms with Crippen LogP contribution < -0.4 is 4.74 Å². The number of aryl methyl sites for hydroxylation is 3. The van der Waals surface area contributed by atoms with Crippen LogP contribution in [0.4, 0.5) is 0 Å². The van der Waals surface area contributed by atoms with Gasteiger partial charge in [0, 0.05) is 49.7 Å². The Bertz CT molecular complexity index is 2820. The van der Waals surface area contributed by atoms with Crippen molar-refractivity contribution in [1.82, 2.24) is 19.9 Å². The van der Waals surface area contributed by atoms with E-state index in [-0.39, 0.29) is 0 Å². The molecule has 292 valence electrons. The molecule has 2 aliphatic rings. The first-order chi connectivity index (χ1) is 28.9. The molecule has 59 heavy (non-hydrogen) atoms. The molecule has 0 saturated heterocycles. The molecule has 0 saturated carbocycles. The number of hydrogen-bond acceptors (Lipinski definition) is 3. The lowest BCUT2D eigenvalue weighted by Crippen LogP contribution is -1.97. The van der Waals surface area contributed by atoms with Gasteiger partial charge in [-0.25, -0.2) is 9.97 Å². The number of hydrogen-bond donors (Lipinski definition) is 2. The van der Waals surface area contributed by atoms with E-state index in [1.165, 1.54) is 36.0 Å². The molecule has 4 aromatic carbocycles. The van der Waals surface area contributed by atoms with E-state index < -0.39 is 0 Å². The number of rotatable bonds is 11. The summed E-state index contributed by atoms with van der Waals surface area (Å²) in [6, 6.07) is 43.4. The van der Waals surface area contributed by atoms with Crippen LogP contribution in [0.25, 0.3) is 90.9 Å². The van der Waals surface area contributed by atoms with Crippen LogP contribution in [0.5, 0.6) is 5.75 Å². The lowest BCUT2D eigenvalue weighted by molar-refractivity contribution is 0.305. The van der Waals surface area contributed by atoms with E-state index in [2.05, 4.69) is 192 Å². The Morgan fingerprint density at radius 3 is 1.07 bits per heavy atom. The fraction of sp³-hybridized carbons (Fsp3) is 0.170. The number of benzene rings is 4. The number of aromatic amines is 2. The summed E-state index contributed by atoms with van der Waals surface area (Å²) in [5, 5.41) is 1.05. The zero-order valence-corrected chi connectivity index (χ0v) is 35.4. The van der Waals surface area contributed by atoms with Crippen molar-refractivity contribution in [2.45, 2.75) is 46.5 Å². The molecular weight excluding hydrogens is 789 g/mol. The monoisotopic (exact) mass is 834 g/mol. The van der Waals surface area contributed by atoms with Gasteiger partial charge in [0.2, 0.25) is 0 Å². The molecule has 2 aliphatic heterocycles. The summed E-state index contributed by atoms with van der Waals surface area (Å²) in [6.07, 6.45) is 13.2. The third-order valence-electron chi connectivity index (χ3n) is 11.2. The van der Waals surface area contributed by atoms with Crippen LogP contribution in [0.1, 0.15) is 65.1 Å². The molecule has 0 aliphatic carbocycles. The van der Waals surface area contributed by atoms with Gasteiger partial charge in [0.1, 0.15) is 5.75 Å². The van der Waals surface area contributed by atoms with Crippen LogP contribution in [0.15, 0.2) is 121 Å². The summed E-state index contributed by atoms with van der Waals surface area (Å²) in [7, 11) is 0. The Kier molecular flexibility index (Phi) is 11.0. The molecule has 0 amide bonds. The van der Waals surface area contributed by atoms with Crippen LogP contribution in [-0.2, 0) is 0 Å². The minimum absolute atomic E-state index is 0.712. The van der Waals surface area contributed by atoms with Gasteiger partial charge in [-0.1, -0.05) is 130 Å². The van der Waals surface area contributed by atoms with E-state index in [0.717, 1.165) is 107 Å². The third kappa shape index (κ3) is 8.10. The van der Waals surface area contributed by atoms with Gasteiger partial charge in [0.25, 0.3) is 0 Å². The molecule has 0 unspecified atom stereocenters. The molecule has 0 fully saturated rings. The van der Waals surface area contributed by atoms with Crippen molar-refractivity contribution in [3.63, 3.8) is 0 Å². The molecule has 2 N–H and O–H groups in total. The standard InChI is InChI=1S/C53H47BrN4O/c1-34-8-14-37(15-9-34)50-42-24-26-44(55-42)51(38-16-10-35(2)11-17-38)46-28-30-48(57-46)53(40-20-22-41(23-21-40)59-33-7-5-4-6-32-54)49-31-29-47(58-49)52(45-27-25-43(50)56-45)39-18-12-36(3)13-19-39/h8-31,55,58H,4-7,32-33H2,1-3H3. The Balaban J connectivity index is 1.32. The van der Waals surface area contributed by atoms with Gasteiger partial charge in [-0.15, -0.1) is 0 Å². The molecule has 3 aromatic heterocycles. The molecule has 5 nitrogen and oxygen atoms in total. The highest BCUT2D eigenvalue weighted by atomic mass is 79.9. The number of alkyl halides is 1. The summed E-state index contributed by atoms with van der Waals surface area (Å²) in [5.41, 5.74) is 19.6. The quantitative estimate of drug-likeness (QED) is 0.101. The zero-order chi connectivity index (χ0) is 40.3. The van der Waals surface area contributed by atoms with Crippen LogP contribution in [0, 0.1) is 20.8 Å². The second-order valence-corrected chi connectivity index (χ2v) is 16.4. The average Bonchev–Trinajstić information content (AvgIpc) is 4.10. The van der Waals surface area contributed by atoms with Gasteiger partial charge in [0.05, 0.1) is 29.4 Å². The number of aromatic nitrogens is 4. The van der Waals surface area contributed by atoms with E-state index in [0.29, 0.717) is 6.61 Å². The second-order valence-electron chi connectivity index (χ2n) is 15.6. The SMILES string of the molecule is Cc1ccc(-c2c3nc(c(-c4ccc(C)cc4)c4ccc([nH]4)c(-c4ccc(OCCCCCCBr)cc4)c4nc(c(-c5ccc(C)cc5)c5ccc2[nH]5)C=C4)C=C3)cc1. The van der Waals surface area contributed by atoms with Crippen molar-refractivity contribution in [1.29, 1.82) is 0 Å². The predicted octanol–water partition coefficient (Wildman–Crippen LogP) is 14.6. The number of nitrogens with zero attached hydrogens (tertiary/aromatic N) is 2. The summed E-state index contributed by atoms with van der Waals surface area (Å²) >= 11 is 3.54. The number of fused-ring (bicyclic) bond motifs is 8. The predicted molar refractivity (Wildman–Crippen MR) is 253 cm³/mol. The first-order valence-electron chi connectivity index (χ1n) is 20.6. The zero-order valence-electron chi connectivity index (χ0n) is 33.8. The maximum Gasteiger partial charge on any atom is 0.119 e. The molecule has 7 aromatic rings. The normalized spacial score (nSPS) is 12.0. The molecule has 5 heterocycles. The molecule has 6 heteroatoms. The largest absolute Gasteiger partial charge is 0.494 e. The molecule has 8 bridgehead atoms. The molecule has 0 radical (unpaired) electrons. The number of halogens is 1. The number of ether oxygens (including phenoxy) is 1. The van der Waals surface area contributed by atoms with Gasteiger partial charge >= 0.3 is 0 Å². The van der Waals surface area contributed by atoms with Crippen molar-refractivity contribution >= 4 is 62.3 Å². The van der Waals surface area contributed by atoms with Crippen LogP contribution >= 0.6 is 15.9 Å². The van der Waals surface area contributed by atoms with Crippen molar-refractivity contribution in [2.24, 2.45) is 0 Å². The maximum absolute atomic E-state index is 6.19. The van der Waals surface area contributed by atoms with Crippen LogP contribution in [-0.4, -0.2) is 31.9 Å². The van der Waals surface area contributed by atoms with Crippen LogP contribution in [0.3, 0.4) is 0 Å². The summed E-state index contributed by atoms with van der Waals surface area (Å²) < 4.78 is 6.19. The van der Waals surface area contributed by atoms with Crippen molar-refractivity contribution in [3.05, 3.63) is 161 Å². The van der Waals surface area contributed by atoms with Gasteiger partial charge in [0.15, 0.2) is 0 Å².